The lowest BCUT2D eigenvalue weighted by atomic mass is 10.0. The van der Waals surface area contributed by atoms with Crippen LogP contribution in [0.15, 0.2) is 134 Å². The summed E-state index contributed by atoms with van der Waals surface area (Å²) in [5, 5.41) is 0. The van der Waals surface area contributed by atoms with Crippen LogP contribution in [0.5, 0.6) is 0 Å². The first-order valence-electron chi connectivity index (χ1n) is 16.7. The highest BCUT2D eigenvalue weighted by molar-refractivity contribution is 7.24. The molecule has 1 N–H and O–H groups in total. The number of benzene rings is 2. The number of pyridine rings is 2. The van der Waals surface area contributed by atoms with E-state index in [1.54, 1.807) is 11.3 Å². The molecule has 6 heteroatoms. The van der Waals surface area contributed by atoms with E-state index in [0.29, 0.717) is 0 Å². The summed E-state index contributed by atoms with van der Waals surface area (Å²) in [5.41, 5.74) is 14.3. The highest BCUT2D eigenvalue weighted by atomic mass is 32.1. The number of nitrogens with one attached hydrogen (secondary N) is 1. The first-order chi connectivity index (χ1) is 24.6. The van der Waals surface area contributed by atoms with Crippen molar-refractivity contribution < 1.29 is 9.13 Å². The number of hydrogen-bond acceptors (Lipinski definition) is 3. The molecular formula is C44H33N5S+2. The van der Waals surface area contributed by atoms with Crippen molar-refractivity contribution in [3.8, 4) is 44.8 Å². The molecule has 238 valence electrons. The number of H-pyrrole nitrogens is 1. The number of hydrogen-bond donors (Lipinski definition) is 1. The van der Waals surface area contributed by atoms with Crippen LogP contribution in [-0.4, -0.2) is 15.0 Å². The largest absolute Gasteiger partial charge is 0.354 e. The lowest BCUT2D eigenvalue weighted by molar-refractivity contribution is -0.660. The Kier molecular flexibility index (Phi) is 7.37. The molecule has 2 aliphatic heterocycles. The maximum atomic E-state index is 5.40. The van der Waals surface area contributed by atoms with Crippen molar-refractivity contribution in [2.45, 2.75) is 0 Å². The van der Waals surface area contributed by atoms with Gasteiger partial charge in [-0.25, -0.2) is 19.1 Å². The van der Waals surface area contributed by atoms with Gasteiger partial charge in [-0.2, -0.15) is 0 Å². The number of fused-ring (bicyclic) bond motifs is 8. The molecule has 5 aromatic heterocycles. The average Bonchev–Trinajstić information content (AvgIpc) is 3.98. The van der Waals surface area contributed by atoms with Gasteiger partial charge < -0.3 is 4.98 Å². The molecule has 8 bridgehead atoms. The van der Waals surface area contributed by atoms with E-state index in [1.165, 1.54) is 4.70 Å². The molecule has 5 nitrogen and oxygen atoms in total. The number of aromatic amines is 1. The van der Waals surface area contributed by atoms with Gasteiger partial charge in [0.1, 0.15) is 14.1 Å². The van der Waals surface area contributed by atoms with Gasteiger partial charge in [-0.15, -0.1) is 11.3 Å². The molecule has 50 heavy (non-hydrogen) atoms. The van der Waals surface area contributed by atoms with E-state index in [-0.39, 0.29) is 0 Å². The summed E-state index contributed by atoms with van der Waals surface area (Å²) < 4.78 is 6.64. The molecule has 0 fully saturated rings. The average molecular weight is 664 g/mol. The van der Waals surface area contributed by atoms with E-state index >= 15 is 0 Å². The minimum atomic E-state index is 0.873. The third-order valence-corrected chi connectivity index (χ3v) is 10.5. The molecule has 7 aromatic rings. The fourth-order valence-corrected chi connectivity index (χ4v) is 8.16. The van der Waals surface area contributed by atoms with E-state index in [4.69, 9.17) is 9.97 Å². The molecular weight excluding hydrogens is 631 g/mol. The molecule has 9 rings (SSSR count). The van der Waals surface area contributed by atoms with Crippen molar-refractivity contribution in [3.63, 3.8) is 0 Å². The molecule has 0 aliphatic carbocycles. The van der Waals surface area contributed by atoms with Gasteiger partial charge in [-0.1, -0.05) is 60.7 Å². The normalized spacial score (nSPS) is 12.0. The first-order valence-corrected chi connectivity index (χ1v) is 17.5. The highest BCUT2D eigenvalue weighted by Gasteiger charge is 2.24. The summed E-state index contributed by atoms with van der Waals surface area (Å²) in [4.78, 5) is 14.7. The van der Waals surface area contributed by atoms with E-state index in [0.717, 1.165) is 83.3 Å². The molecule has 0 amide bonds. The van der Waals surface area contributed by atoms with Gasteiger partial charge in [0.15, 0.2) is 12.4 Å². The van der Waals surface area contributed by atoms with Crippen molar-refractivity contribution in [1.29, 1.82) is 0 Å². The molecule has 7 heterocycles. The third-order valence-electron chi connectivity index (χ3n) is 9.37. The van der Waals surface area contributed by atoms with Gasteiger partial charge in [-0.3, -0.25) is 0 Å². The van der Waals surface area contributed by atoms with Gasteiger partial charge >= 0.3 is 0 Å². The minimum absolute atomic E-state index is 0.873. The maximum absolute atomic E-state index is 5.40. The molecule has 0 saturated heterocycles. The summed E-state index contributed by atoms with van der Waals surface area (Å²) in [6, 6.07) is 42.7. The Hall–Kier alpha value is -6.24. The second kappa shape index (κ2) is 12.3. The lowest BCUT2D eigenvalue weighted by Gasteiger charge is -2.05. The van der Waals surface area contributed by atoms with Crippen LogP contribution >= 0.6 is 11.3 Å². The Morgan fingerprint density at radius 3 is 1.44 bits per heavy atom. The van der Waals surface area contributed by atoms with Gasteiger partial charge in [0.05, 0.1) is 39.4 Å². The van der Waals surface area contributed by atoms with Crippen LogP contribution in [0.25, 0.3) is 89.5 Å². The van der Waals surface area contributed by atoms with Crippen molar-refractivity contribution in [2.24, 2.45) is 14.1 Å². The number of thiophene rings is 1. The minimum Gasteiger partial charge on any atom is -0.354 e. The Morgan fingerprint density at radius 2 is 0.880 bits per heavy atom. The first kappa shape index (κ1) is 29.9. The summed E-state index contributed by atoms with van der Waals surface area (Å²) in [6.45, 7) is 0. The lowest BCUT2D eigenvalue weighted by Crippen LogP contribution is -2.30. The summed E-state index contributed by atoms with van der Waals surface area (Å²) >= 11 is 1.80. The van der Waals surface area contributed by atoms with Crippen LogP contribution in [0.2, 0.25) is 0 Å². The fraction of sp³-hybridized carbons (Fsp3) is 0.0455. The maximum Gasteiger partial charge on any atom is 0.216 e. The van der Waals surface area contributed by atoms with Gasteiger partial charge in [0.2, 0.25) is 11.4 Å². The summed E-state index contributed by atoms with van der Waals surface area (Å²) in [6.07, 6.45) is 12.7. The molecule has 0 saturated carbocycles. The van der Waals surface area contributed by atoms with Crippen LogP contribution in [0.1, 0.15) is 22.8 Å². The van der Waals surface area contributed by atoms with Crippen molar-refractivity contribution in [1.82, 2.24) is 15.0 Å². The van der Waals surface area contributed by atoms with Crippen LogP contribution in [0, 0.1) is 0 Å². The number of aromatic nitrogens is 5. The zero-order chi connectivity index (χ0) is 33.6. The van der Waals surface area contributed by atoms with E-state index < -0.39 is 0 Å². The van der Waals surface area contributed by atoms with Crippen LogP contribution in [-0.2, 0) is 14.1 Å². The fourth-order valence-electron chi connectivity index (χ4n) is 7.00. The Balaban J connectivity index is 1.50. The van der Waals surface area contributed by atoms with Crippen molar-refractivity contribution in [2.75, 3.05) is 0 Å². The molecule has 0 spiro atoms. The number of nitrogens with zero attached hydrogens (tertiary/aromatic N) is 4. The van der Waals surface area contributed by atoms with Gasteiger partial charge in [-0.05, 0) is 71.8 Å². The topological polar surface area (TPSA) is 49.3 Å². The zero-order valence-corrected chi connectivity index (χ0v) is 28.5. The molecule has 2 aliphatic rings. The van der Waals surface area contributed by atoms with E-state index in [2.05, 4.69) is 180 Å². The molecule has 0 unspecified atom stereocenters. The highest BCUT2D eigenvalue weighted by Crippen LogP contribution is 2.40. The predicted octanol–water partition coefficient (Wildman–Crippen LogP) is 9.71. The van der Waals surface area contributed by atoms with Gasteiger partial charge in [0.25, 0.3) is 0 Å². The van der Waals surface area contributed by atoms with Crippen LogP contribution < -0.4 is 9.13 Å². The van der Waals surface area contributed by atoms with Crippen LogP contribution in [0.4, 0.5) is 0 Å². The van der Waals surface area contributed by atoms with E-state index in [9.17, 15) is 0 Å². The monoisotopic (exact) mass is 663 g/mol. The Bertz CT molecular complexity index is 2670. The van der Waals surface area contributed by atoms with E-state index in [1.807, 2.05) is 6.07 Å². The SMILES string of the molecule is C[n+]1ccccc1-c1c2nc(c(-c3cccc[n+]3C)c3ccc([nH]3)c(-c3ccccc3)c3ccc(s3)c(-c3ccccc3)c3nc1C=C3)C=C2. The zero-order valence-electron chi connectivity index (χ0n) is 27.7. The Morgan fingerprint density at radius 1 is 0.440 bits per heavy atom. The quantitative estimate of drug-likeness (QED) is 0.191. The Labute approximate surface area is 294 Å². The standard InChI is InChI=1S/C44H32N5S/c1-48-27-11-9-17-37(48)43-33-21-19-31(45-33)41(29-13-5-3-6-14-29)39-25-26-40(50-39)42(30-15-7-4-8-16-30)32-20-22-34(46-32)44(36-24-23-35(43)47-36)38-18-10-12-28-49(38)2/h3-28H,1-2H3/q+1/p+1. The number of aryl methyl sites for hydroxylation is 2. The molecule has 0 atom stereocenters. The molecule has 0 radical (unpaired) electrons. The summed E-state index contributed by atoms with van der Waals surface area (Å²) in [7, 11) is 4.16. The molecule has 2 aromatic carbocycles. The third kappa shape index (κ3) is 5.18. The van der Waals surface area contributed by atoms with Gasteiger partial charge in [0, 0.05) is 50.3 Å². The van der Waals surface area contributed by atoms with Crippen LogP contribution in [0.3, 0.4) is 0 Å². The second-order valence-electron chi connectivity index (χ2n) is 12.5. The van der Waals surface area contributed by atoms with Crippen molar-refractivity contribution in [3.05, 3.63) is 156 Å². The predicted molar refractivity (Wildman–Crippen MR) is 206 cm³/mol. The summed E-state index contributed by atoms with van der Waals surface area (Å²) in [5.74, 6) is 0. The second-order valence-corrected chi connectivity index (χ2v) is 13.6. The van der Waals surface area contributed by atoms with Crippen molar-refractivity contribution >= 4 is 56.1 Å². The smallest absolute Gasteiger partial charge is 0.216 e. The number of rotatable bonds is 4.